The van der Waals surface area contributed by atoms with Crippen molar-refractivity contribution in [1.82, 2.24) is 0 Å². The van der Waals surface area contributed by atoms with E-state index in [0.29, 0.717) is 5.69 Å². The molecule has 2 rings (SSSR count). The van der Waals surface area contributed by atoms with E-state index in [9.17, 15) is 4.39 Å². The van der Waals surface area contributed by atoms with E-state index in [4.69, 9.17) is 5.26 Å². The van der Waals surface area contributed by atoms with Crippen LogP contribution in [-0.4, -0.2) is 0 Å². The van der Waals surface area contributed by atoms with Gasteiger partial charge in [-0.2, -0.15) is 5.26 Å². The van der Waals surface area contributed by atoms with Gasteiger partial charge in [0.1, 0.15) is 6.07 Å². The van der Waals surface area contributed by atoms with Gasteiger partial charge in [0.05, 0.1) is 15.7 Å². The fourth-order valence-electron chi connectivity index (χ4n) is 2.11. The second-order valence-electron chi connectivity index (χ2n) is 4.86. The van der Waals surface area contributed by atoms with Crippen LogP contribution in [0.15, 0.2) is 40.9 Å². The second kappa shape index (κ2) is 6.73. The molecule has 0 aromatic heterocycles. The Bertz CT molecular complexity index is 674. The number of rotatable bonds is 4. The molecule has 0 saturated heterocycles. The van der Waals surface area contributed by atoms with Crippen molar-refractivity contribution < 1.29 is 4.39 Å². The number of anilines is 1. The van der Waals surface area contributed by atoms with Gasteiger partial charge in [0.2, 0.25) is 0 Å². The SMILES string of the molecule is CCc1ccc(C(C)Nc2ccc(C#N)c(Br)c2F)cc1. The minimum Gasteiger partial charge on any atom is -0.376 e. The molecule has 0 saturated carbocycles. The lowest BCUT2D eigenvalue weighted by atomic mass is 10.0. The maximum atomic E-state index is 14.2. The van der Waals surface area contributed by atoms with E-state index in [1.807, 2.05) is 25.1 Å². The first kappa shape index (κ1) is 15.5. The minimum absolute atomic E-state index is 0.0229. The Labute approximate surface area is 132 Å². The molecule has 21 heavy (non-hydrogen) atoms. The highest BCUT2D eigenvalue weighted by atomic mass is 79.9. The first-order valence-electron chi connectivity index (χ1n) is 6.80. The number of aryl methyl sites for hydroxylation is 1. The molecule has 0 aliphatic heterocycles. The summed E-state index contributed by atoms with van der Waals surface area (Å²) in [6.45, 7) is 4.09. The summed E-state index contributed by atoms with van der Waals surface area (Å²) in [6.07, 6.45) is 0.999. The average Bonchev–Trinajstić information content (AvgIpc) is 2.52. The molecular formula is C17H16BrFN2. The molecule has 0 radical (unpaired) electrons. The molecule has 4 heteroatoms. The summed E-state index contributed by atoms with van der Waals surface area (Å²) in [5.41, 5.74) is 3.04. The molecule has 0 heterocycles. The topological polar surface area (TPSA) is 35.8 Å². The molecule has 0 bridgehead atoms. The zero-order chi connectivity index (χ0) is 15.4. The van der Waals surface area contributed by atoms with Crippen LogP contribution >= 0.6 is 15.9 Å². The summed E-state index contributed by atoms with van der Waals surface area (Å²) >= 11 is 3.12. The smallest absolute Gasteiger partial charge is 0.161 e. The van der Waals surface area contributed by atoms with Crippen LogP contribution in [0.25, 0.3) is 0 Å². The monoisotopic (exact) mass is 346 g/mol. The van der Waals surface area contributed by atoms with Gasteiger partial charge in [-0.15, -0.1) is 0 Å². The lowest BCUT2D eigenvalue weighted by Crippen LogP contribution is -2.08. The van der Waals surface area contributed by atoms with Crippen molar-refractivity contribution in [2.24, 2.45) is 0 Å². The zero-order valence-electron chi connectivity index (χ0n) is 12.0. The van der Waals surface area contributed by atoms with Crippen molar-refractivity contribution in [3.8, 4) is 6.07 Å². The summed E-state index contributed by atoms with van der Waals surface area (Å²) in [5.74, 6) is -0.439. The molecule has 2 nitrogen and oxygen atoms in total. The molecule has 2 aromatic carbocycles. The van der Waals surface area contributed by atoms with Crippen molar-refractivity contribution in [2.75, 3.05) is 5.32 Å². The highest BCUT2D eigenvalue weighted by Gasteiger charge is 2.13. The van der Waals surface area contributed by atoms with Gasteiger partial charge >= 0.3 is 0 Å². The molecule has 0 aliphatic rings. The molecule has 0 fully saturated rings. The Hall–Kier alpha value is -1.86. The van der Waals surface area contributed by atoms with E-state index in [1.54, 1.807) is 12.1 Å². The summed E-state index contributed by atoms with van der Waals surface area (Å²) in [7, 11) is 0. The van der Waals surface area contributed by atoms with E-state index in [2.05, 4.69) is 40.3 Å². The average molecular weight is 347 g/mol. The van der Waals surface area contributed by atoms with Gasteiger partial charge in [0.25, 0.3) is 0 Å². The highest BCUT2D eigenvalue weighted by Crippen LogP contribution is 2.29. The minimum atomic E-state index is -0.439. The van der Waals surface area contributed by atoms with E-state index < -0.39 is 5.82 Å². The van der Waals surface area contributed by atoms with Crippen LogP contribution in [0.4, 0.5) is 10.1 Å². The van der Waals surface area contributed by atoms with Crippen LogP contribution in [0.5, 0.6) is 0 Å². The first-order chi connectivity index (χ1) is 10.1. The number of nitrogens with one attached hydrogen (secondary N) is 1. The Morgan fingerprint density at radius 2 is 1.90 bits per heavy atom. The number of hydrogen-bond donors (Lipinski definition) is 1. The molecule has 2 aromatic rings. The molecule has 0 amide bonds. The molecule has 1 N–H and O–H groups in total. The van der Waals surface area contributed by atoms with Crippen molar-refractivity contribution in [3.63, 3.8) is 0 Å². The number of nitrogens with zero attached hydrogens (tertiary/aromatic N) is 1. The molecule has 108 valence electrons. The van der Waals surface area contributed by atoms with Gasteiger partial charge in [-0.1, -0.05) is 31.2 Å². The molecular weight excluding hydrogens is 331 g/mol. The van der Waals surface area contributed by atoms with Crippen LogP contribution < -0.4 is 5.32 Å². The Balaban J connectivity index is 2.21. The number of hydrogen-bond acceptors (Lipinski definition) is 2. The van der Waals surface area contributed by atoms with Crippen molar-refractivity contribution in [3.05, 3.63) is 63.4 Å². The maximum absolute atomic E-state index is 14.2. The zero-order valence-corrected chi connectivity index (χ0v) is 13.5. The molecule has 0 aliphatic carbocycles. The fraction of sp³-hybridized carbons (Fsp3) is 0.235. The summed E-state index contributed by atoms with van der Waals surface area (Å²) in [4.78, 5) is 0. The second-order valence-corrected chi connectivity index (χ2v) is 5.65. The van der Waals surface area contributed by atoms with E-state index in [0.717, 1.165) is 12.0 Å². The van der Waals surface area contributed by atoms with Crippen LogP contribution in [0.2, 0.25) is 0 Å². The maximum Gasteiger partial charge on any atom is 0.161 e. The van der Waals surface area contributed by atoms with Gasteiger partial charge in [-0.05, 0) is 52.5 Å². The Kier molecular flexibility index (Phi) is 4.98. The van der Waals surface area contributed by atoms with Crippen LogP contribution in [-0.2, 0) is 6.42 Å². The highest BCUT2D eigenvalue weighted by molar-refractivity contribution is 9.10. The van der Waals surface area contributed by atoms with Gasteiger partial charge in [0.15, 0.2) is 5.82 Å². The quantitative estimate of drug-likeness (QED) is 0.826. The fourth-order valence-corrected chi connectivity index (χ4v) is 2.54. The third kappa shape index (κ3) is 3.43. The van der Waals surface area contributed by atoms with Crippen LogP contribution in [0.1, 0.15) is 36.6 Å². The van der Waals surface area contributed by atoms with E-state index >= 15 is 0 Å². The lowest BCUT2D eigenvalue weighted by molar-refractivity contribution is 0.620. The largest absolute Gasteiger partial charge is 0.376 e. The van der Waals surface area contributed by atoms with Gasteiger partial charge < -0.3 is 5.32 Å². The summed E-state index contributed by atoms with van der Waals surface area (Å²) < 4.78 is 14.4. The molecule has 0 spiro atoms. The number of nitriles is 1. The standard InChI is InChI=1S/C17H16BrFN2/c1-3-12-4-6-13(7-5-12)11(2)21-15-9-8-14(10-20)16(18)17(15)19/h4-9,11,21H,3H2,1-2H3. The van der Waals surface area contributed by atoms with Gasteiger partial charge in [0, 0.05) is 6.04 Å². The predicted molar refractivity (Wildman–Crippen MR) is 86.7 cm³/mol. The van der Waals surface area contributed by atoms with Crippen molar-refractivity contribution in [1.29, 1.82) is 5.26 Å². The first-order valence-corrected chi connectivity index (χ1v) is 7.59. The van der Waals surface area contributed by atoms with Gasteiger partial charge in [-0.3, -0.25) is 0 Å². The van der Waals surface area contributed by atoms with Crippen LogP contribution in [0.3, 0.4) is 0 Å². The molecule has 1 atom stereocenters. The Morgan fingerprint density at radius 3 is 2.48 bits per heavy atom. The van der Waals surface area contributed by atoms with Crippen molar-refractivity contribution >= 4 is 21.6 Å². The lowest BCUT2D eigenvalue weighted by Gasteiger charge is -2.17. The number of halogens is 2. The van der Waals surface area contributed by atoms with Crippen molar-refractivity contribution in [2.45, 2.75) is 26.3 Å². The summed E-state index contributed by atoms with van der Waals surface area (Å²) in [6, 6.07) is 13.4. The summed E-state index contributed by atoms with van der Waals surface area (Å²) in [5, 5.41) is 12.0. The third-order valence-corrected chi connectivity index (χ3v) is 4.24. The predicted octanol–water partition coefficient (Wildman–Crippen LogP) is 5.20. The van der Waals surface area contributed by atoms with E-state index in [1.165, 1.54) is 5.56 Å². The van der Waals surface area contributed by atoms with Gasteiger partial charge in [-0.25, -0.2) is 4.39 Å². The third-order valence-electron chi connectivity index (χ3n) is 3.46. The Morgan fingerprint density at radius 1 is 1.24 bits per heavy atom. The van der Waals surface area contributed by atoms with Crippen LogP contribution in [0, 0.1) is 17.1 Å². The number of benzene rings is 2. The van der Waals surface area contributed by atoms with E-state index in [-0.39, 0.29) is 16.1 Å². The molecule has 1 unspecified atom stereocenters. The normalized spacial score (nSPS) is 11.8.